The SMILES string of the molecule is CNC(=O)c1[nH]c(Cc2ccc(-c3ccc(Cl)cc3)cc2)nc1N1CC2(CCCC2)NC1=O. The standard InChI is InChI=1S/C25H26ClN5O2/c1-27-23(32)21-22(31-15-25(30-24(31)33)12-2-3-13-25)29-20(28-21)14-16-4-6-17(7-5-16)18-8-10-19(26)11-9-18/h4-11H,2-3,12-15H2,1H3,(H,27,32)(H,28,29)(H,30,33). The van der Waals surface area contributed by atoms with Crippen LogP contribution in [-0.2, 0) is 6.42 Å². The molecule has 8 heteroatoms. The predicted molar refractivity (Wildman–Crippen MR) is 129 cm³/mol. The first-order valence-corrected chi connectivity index (χ1v) is 11.6. The number of nitrogens with one attached hydrogen (secondary N) is 3. The van der Waals surface area contributed by atoms with Crippen LogP contribution >= 0.6 is 11.6 Å². The first-order chi connectivity index (χ1) is 16.0. The van der Waals surface area contributed by atoms with E-state index >= 15 is 0 Å². The summed E-state index contributed by atoms with van der Waals surface area (Å²) in [6.07, 6.45) is 4.65. The van der Waals surface area contributed by atoms with Crippen molar-refractivity contribution in [2.45, 2.75) is 37.6 Å². The van der Waals surface area contributed by atoms with Gasteiger partial charge in [0.05, 0.1) is 12.1 Å². The Morgan fingerprint density at radius 3 is 2.36 bits per heavy atom. The summed E-state index contributed by atoms with van der Waals surface area (Å²) in [7, 11) is 1.57. The third-order valence-corrected chi connectivity index (χ3v) is 6.84. The van der Waals surface area contributed by atoms with E-state index in [4.69, 9.17) is 11.6 Å². The molecule has 5 rings (SSSR count). The van der Waals surface area contributed by atoms with E-state index in [1.165, 1.54) is 0 Å². The van der Waals surface area contributed by atoms with Crippen molar-refractivity contribution in [3.63, 3.8) is 0 Å². The number of benzene rings is 2. The lowest BCUT2D eigenvalue weighted by molar-refractivity contribution is 0.0959. The molecule has 2 fully saturated rings. The first-order valence-electron chi connectivity index (χ1n) is 11.2. The summed E-state index contributed by atoms with van der Waals surface area (Å²) < 4.78 is 0. The second-order valence-corrected chi connectivity index (χ2v) is 9.28. The largest absolute Gasteiger partial charge is 0.354 e. The van der Waals surface area contributed by atoms with E-state index in [1.54, 1.807) is 11.9 Å². The van der Waals surface area contributed by atoms with Crippen LogP contribution < -0.4 is 15.5 Å². The number of amides is 3. The summed E-state index contributed by atoms with van der Waals surface area (Å²) in [5, 5.41) is 6.50. The highest BCUT2D eigenvalue weighted by Crippen LogP contribution is 2.36. The number of rotatable bonds is 5. The van der Waals surface area contributed by atoms with Gasteiger partial charge < -0.3 is 15.6 Å². The maximum Gasteiger partial charge on any atom is 0.323 e. The minimum absolute atomic E-state index is 0.188. The van der Waals surface area contributed by atoms with E-state index in [0.29, 0.717) is 35.3 Å². The van der Waals surface area contributed by atoms with Gasteiger partial charge in [-0.1, -0.05) is 60.8 Å². The van der Waals surface area contributed by atoms with E-state index in [1.807, 2.05) is 36.4 Å². The Balaban J connectivity index is 1.39. The quantitative estimate of drug-likeness (QED) is 0.519. The third kappa shape index (κ3) is 4.20. The lowest BCUT2D eigenvalue weighted by Gasteiger charge is -2.21. The summed E-state index contributed by atoms with van der Waals surface area (Å²) in [4.78, 5) is 34.8. The molecular weight excluding hydrogens is 438 g/mol. The average molecular weight is 464 g/mol. The van der Waals surface area contributed by atoms with Gasteiger partial charge in [-0.15, -0.1) is 0 Å². The van der Waals surface area contributed by atoms with Gasteiger partial charge in [0.1, 0.15) is 11.5 Å². The molecule has 1 saturated carbocycles. The molecular formula is C25H26ClN5O2. The van der Waals surface area contributed by atoms with Gasteiger partial charge in [0, 0.05) is 18.5 Å². The van der Waals surface area contributed by atoms with Crippen molar-refractivity contribution in [1.29, 1.82) is 0 Å². The molecule has 0 radical (unpaired) electrons. The van der Waals surface area contributed by atoms with Crippen molar-refractivity contribution in [1.82, 2.24) is 20.6 Å². The Kier molecular flexibility index (Phi) is 5.58. The number of H-pyrrole nitrogens is 1. The smallest absolute Gasteiger partial charge is 0.323 e. The fourth-order valence-electron chi connectivity index (χ4n) is 4.84. The highest BCUT2D eigenvalue weighted by atomic mass is 35.5. The fourth-order valence-corrected chi connectivity index (χ4v) is 4.97. The molecule has 1 aliphatic carbocycles. The number of aromatic amines is 1. The van der Waals surface area contributed by atoms with Crippen LogP contribution in [-0.4, -0.2) is 41.0 Å². The molecule has 0 unspecified atom stereocenters. The number of halogens is 1. The summed E-state index contributed by atoms with van der Waals surface area (Å²) >= 11 is 5.99. The number of hydrogen-bond donors (Lipinski definition) is 3. The molecule has 2 heterocycles. The molecule has 7 nitrogen and oxygen atoms in total. The van der Waals surface area contributed by atoms with Crippen molar-refractivity contribution in [3.05, 3.63) is 70.6 Å². The second kappa shape index (κ2) is 8.56. The minimum atomic E-state index is -0.290. The molecule has 2 aliphatic rings. The van der Waals surface area contributed by atoms with Crippen LogP contribution in [0.5, 0.6) is 0 Å². The molecule has 1 aliphatic heterocycles. The van der Waals surface area contributed by atoms with E-state index in [2.05, 4.69) is 32.7 Å². The molecule has 170 valence electrons. The predicted octanol–water partition coefficient (Wildman–Crippen LogP) is 4.52. The molecule has 3 N–H and O–H groups in total. The van der Waals surface area contributed by atoms with Crippen LogP contribution in [0.4, 0.5) is 10.6 Å². The number of carbonyl (C=O) groups excluding carboxylic acids is 2. The number of imidazole rings is 1. The van der Waals surface area contributed by atoms with Crippen LogP contribution in [0.3, 0.4) is 0 Å². The normalized spacial score (nSPS) is 16.9. The molecule has 1 aromatic heterocycles. The van der Waals surface area contributed by atoms with Crippen LogP contribution in [0.1, 0.15) is 47.6 Å². The van der Waals surface area contributed by atoms with Crippen LogP contribution in [0.2, 0.25) is 5.02 Å². The summed E-state index contributed by atoms with van der Waals surface area (Å²) in [5.74, 6) is 0.744. The Morgan fingerprint density at radius 1 is 1.09 bits per heavy atom. The fraction of sp³-hybridized carbons (Fsp3) is 0.320. The minimum Gasteiger partial charge on any atom is -0.354 e. The van der Waals surface area contributed by atoms with Gasteiger partial charge in [0.2, 0.25) is 0 Å². The van der Waals surface area contributed by atoms with Gasteiger partial charge in [0.25, 0.3) is 5.91 Å². The summed E-state index contributed by atoms with van der Waals surface area (Å²) in [5.41, 5.74) is 3.35. The number of urea groups is 1. The van der Waals surface area contributed by atoms with Gasteiger partial charge in [0.15, 0.2) is 5.82 Å². The molecule has 3 amide bonds. The zero-order valence-electron chi connectivity index (χ0n) is 18.5. The second-order valence-electron chi connectivity index (χ2n) is 8.85. The Labute approximate surface area is 197 Å². The number of hydrogen-bond acceptors (Lipinski definition) is 3. The van der Waals surface area contributed by atoms with E-state index in [9.17, 15) is 9.59 Å². The number of anilines is 1. The van der Waals surface area contributed by atoms with Crippen molar-refractivity contribution < 1.29 is 9.59 Å². The maximum absolute atomic E-state index is 12.8. The average Bonchev–Trinajstić information content (AvgIpc) is 3.53. The lowest BCUT2D eigenvalue weighted by Crippen LogP contribution is -2.40. The van der Waals surface area contributed by atoms with Crippen molar-refractivity contribution in [2.24, 2.45) is 0 Å². The first kappa shape index (κ1) is 21.5. The highest BCUT2D eigenvalue weighted by Gasteiger charge is 2.46. The Bertz CT molecular complexity index is 1180. The molecule has 1 saturated heterocycles. The Hall–Kier alpha value is -3.32. The zero-order chi connectivity index (χ0) is 23.0. The zero-order valence-corrected chi connectivity index (χ0v) is 19.2. The molecule has 0 bridgehead atoms. The molecule has 33 heavy (non-hydrogen) atoms. The molecule has 0 atom stereocenters. The molecule has 2 aromatic carbocycles. The van der Waals surface area contributed by atoms with Gasteiger partial charge in [-0.2, -0.15) is 0 Å². The van der Waals surface area contributed by atoms with Crippen LogP contribution in [0, 0.1) is 0 Å². The highest BCUT2D eigenvalue weighted by molar-refractivity contribution is 6.30. The van der Waals surface area contributed by atoms with Gasteiger partial charge in [-0.05, 0) is 41.7 Å². The van der Waals surface area contributed by atoms with Crippen molar-refractivity contribution in [3.8, 4) is 11.1 Å². The van der Waals surface area contributed by atoms with Crippen molar-refractivity contribution in [2.75, 3.05) is 18.5 Å². The van der Waals surface area contributed by atoms with E-state index in [-0.39, 0.29) is 17.5 Å². The molecule has 1 spiro atoms. The maximum atomic E-state index is 12.8. The number of aromatic nitrogens is 2. The lowest BCUT2D eigenvalue weighted by atomic mass is 9.99. The summed E-state index contributed by atoms with van der Waals surface area (Å²) in [6, 6.07) is 15.7. The Morgan fingerprint density at radius 2 is 1.73 bits per heavy atom. The van der Waals surface area contributed by atoms with Crippen LogP contribution in [0.25, 0.3) is 11.1 Å². The van der Waals surface area contributed by atoms with Gasteiger partial charge in [-0.25, -0.2) is 9.78 Å². The topological polar surface area (TPSA) is 90.1 Å². The monoisotopic (exact) mass is 463 g/mol. The number of nitrogens with zero attached hydrogens (tertiary/aromatic N) is 2. The van der Waals surface area contributed by atoms with Gasteiger partial charge >= 0.3 is 6.03 Å². The third-order valence-electron chi connectivity index (χ3n) is 6.59. The summed E-state index contributed by atoms with van der Waals surface area (Å²) in [6.45, 7) is 0.538. The van der Waals surface area contributed by atoms with E-state index in [0.717, 1.165) is 42.4 Å². The molecule has 3 aromatic rings. The van der Waals surface area contributed by atoms with Gasteiger partial charge in [-0.3, -0.25) is 9.69 Å². The van der Waals surface area contributed by atoms with Crippen molar-refractivity contribution >= 4 is 29.4 Å². The van der Waals surface area contributed by atoms with Crippen LogP contribution in [0.15, 0.2) is 48.5 Å². The van der Waals surface area contributed by atoms with E-state index < -0.39 is 0 Å². The number of carbonyl (C=O) groups is 2.